The first-order chi connectivity index (χ1) is 11.7. The number of hydrogen-bond acceptors (Lipinski definition) is 4. The molecule has 0 bridgehead atoms. The summed E-state index contributed by atoms with van der Waals surface area (Å²) in [7, 11) is 1.99. The van der Waals surface area contributed by atoms with Gasteiger partial charge in [-0.05, 0) is 6.42 Å². The van der Waals surface area contributed by atoms with Gasteiger partial charge in [0.05, 0.1) is 12.3 Å². The fourth-order valence-corrected chi connectivity index (χ4v) is 3.52. The van der Waals surface area contributed by atoms with Crippen molar-refractivity contribution in [2.75, 3.05) is 32.8 Å². The van der Waals surface area contributed by atoms with Crippen LogP contribution in [0.3, 0.4) is 0 Å². The molecule has 5 heteroatoms. The van der Waals surface area contributed by atoms with E-state index in [1.165, 1.54) is 11.1 Å². The van der Waals surface area contributed by atoms with Crippen LogP contribution in [0.4, 0.5) is 0 Å². The van der Waals surface area contributed by atoms with E-state index in [4.69, 9.17) is 0 Å². The zero-order valence-electron chi connectivity index (χ0n) is 14.7. The van der Waals surface area contributed by atoms with Gasteiger partial charge in [-0.1, -0.05) is 37.3 Å². The van der Waals surface area contributed by atoms with E-state index in [1.807, 2.05) is 17.8 Å². The van der Waals surface area contributed by atoms with Crippen LogP contribution in [-0.4, -0.2) is 63.5 Å². The van der Waals surface area contributed by atoms with Crippen LogP contribution in [-0.2, 0) is 13.6 Å². The number of aromatic nitrogens is 2. The van der Waals surface area contributed by atoms with Crippen molar-refractivity contribution < 1.29 is 5.11 Å². The van der Waals surface area contributed by atoms with Crippen LogP contribution in [0, 0.1) is 0 Å². The average molecular weight is 328 g/mol. The van der Waals surface area contributed by atoms with Gasteiger partial charge in [-0.3, -0.25) is 14.5 Å². The average Bonchev–Trinajstić information content (AvgIpc) is 2.98. The number of aliphatic hydroxyl groups is 1. The number of nitrogens with zero attached hydrogens (tertiary/aromatic N) is 4. The quantitative estimate of drug-likeness (QED) is 0.881. The first kappa shape index (κ1) is 17.1. The van der Waals surface area contributed by atoms with E-state index in [1.54, 1.807) is 0 Å². The Morgan fingerprint density at radius 3 is 2.46 bits per heavy atom. The molecule has 0 spiro atoms. The summed E-state index contributed by atoms with van der Waals surface area (Å²) in [5.41, 5.74) is 3.55. The molecule has 130 valence electrons. The molecular formula is C19H28N4O. The molecule has 1 atom stereocenters. The third-order valence-corrected chi connectivity index (χ3v) is 4.95. The van der Waals surface area contributed by atoms with Gasteiger partial charge >= 0.3 is 0 Å². The highest BCUT2D eigenvalue weighted by molar-refractivity contribution is 5.62. The van der Waals surface area contributed by atoms with Crippen molar-refractivity contribution in [3.8, 4) is 11.3 Å². The van der Waals surface area contributed by atoms with Crippen molar-refractivity contribution in [1.82, 2.24) is 19.6 Å². The first-order valence-corrected chi connectivity index (χ1v) is 8.86. The summed E-state index contributed by atoms with van der Waals surface area (Å²) in [5.74, 6) is 0. The number of aliphatic hydroxyl groups excluding tert-OH is 1. The highest BCUT2D eigenvalue weighted by Crippen LogP contribution is 2.23. The van der Waals surface area contributed by atoms with Crippen LogP contribution in [0.5, 0.6) is 0 Å². The van der Waals surface area contributed by atoms with Gasteiger partial charge < -0.3 is 5.11 Å². The molecule has 3 rings (SSSR count). The topological polar surface area (TPSA) is 44.5 Å². The Kier molecular flexibility index (Phi) is 5.66. The van der Waals surface area contributed by atoms with Gasteiger partial charge in [0.25, 0.3) is 0 Å². The largest absolute Gasteiger partial charge is 0.395 e. The molecule has 5 nitrogen and oxygen atoms in total. The van der Waals surface area contributed by atoms with E-state index >= 15 is 0 Å². The molecule has 1 aromatic heterocycles. The predicted octanol–water partition coefficient (Wildman–Crippen LogP) is 1.98. The Morgan fingerprint density at radius 2 is 1.83 bits per heavy atom. The number of benzene rings is 1. The lowest BCUT2D eigenvalue weighted by Gasteiger charge is -2.38. The smallest absolute Gasteiger partial charge is 0.0968 e. The minimum Gasteiger partial charge on any atom is -0.395 e. The highest BCUT2D eigenvalue weighted by atomic mass is 16.3. The zero-order chi connectivity index (χ0) is 16.9. The van der Waals surface area contributed by atoms with E-state index in [9.17, 15) is 5.11 Å². The van der Waals surface area contributed by atoms with Crippen LogP contribution in [0.1, 0.15) is 18.9 Å². The van der Waals surface area contributed by atoms with Gasteiger partial charge in [0.2, 0.25) is 0 Å². The van der Waals surface area contributed by atoms with Gasteiger partial charge in [0.1, 0.15) is 0 Å². The number of rotatable bonds is 6. The van der Waals surface area contributed by atoms with E-state index in [-0.39, 0.29) is 6.61 Å². The summed E-state index contributed by atoms with van der Waals surface area (Å²) in [6, 6.07) is 10.7. The number of piperazine rings is 1. The van der Waals surface area contributed by atoms with Crippen LogP contribution in [0.15, 0.2) is 36.5 Å². The minimum atomic E-state index is 0.261. The summed E-state index contributed by atoms with van der Waals surface area (Å²) in [5, 5.41) is 14.1. The highest BCUT2D eigenvalue weighted by Gasteiger charge is 2.23. The molecule has 0 radical (unpaired) electrons. The molecule has 1 aromatic carbocycles. The fourth-order valence-electron chi connectivity index (χ4n) is 3.52. The van der Waals surface area contributed by atoms with E-state index in [2.05, 4.69) is 52.3 Å². The maximum atomic E-state index is 9.48. The van der Waals surface area contributed by atoms with Gasteiger partial charge in [-0.2, -0.15) is 5.10 Å². The van der Waals surface area contributed by atoms with Crippen molar-refractivity contribution in [2.45, 2.75) is 25.9 Å². The van der Waals surface area contributed by atoms with Crippen LogP contribution in [0.2, 0.25) is 0 Å². The SMILES string of the molecule is CC[C@H](CO)N1CCN(Cc2cn(C)nc2-c2ccccc2)CC1. The molecule has 1 fully saturated rings. The molecule has 0 aliphatic carbocycles. The maximum absolute atomic E-state index is 9.48. The summed E-state index contributed by atoms with van der Waals surface area (Å²) in [4.78, 5) is 4.90. The second-order valence-electron chi connectivity index (χ2n) is 6.60. The maximum Gasteiger partial charge on any atom is 0.0968 e. The van der Waals surface area contributed by atoms with Crippen molar-refractivity contribution in [3.63, 3.8) is 0 Å². The third-order valence-electron chi connectivity index (χ3n) is 4.95. The number of hydrogen-bond donors (Lipinski definition) is 1. The lowest BCUT2D eigenvalue weighted by Crippen LogP contribution is -2.50. The number of aryl methyl sites for hydroxylation is 1. The molecule has 1 aliphatic heterocycles. The van der Waals surface area contributed by atoms with E-state index < -0.39 is 0 Å². The molecule has 1 aliphatic rings. The van der Waals surface area contributed by atoms with Crippen LogP contribution in [0.25, 0.3) is 11.3 Å². The second-order valence-corrected chi connectivity index (χ2v) is 6.60. The second kappa shape index (κ2) is 7.92. The first-order valence-electron chi connectivity index (χ1n) is 8.86. The Hall–Kier alpha value is -1.69. The van der Waals surface area contributed by atoms with Crippen molar-refractivity contribution in [1.29, 1.82) is 0 Å². The Balaban J connectivity index is 1.66. The minimum absolute atomic E-state index is 0.261. The van der Waals surface area contributed by atoms with Gasteiger partial charge in [-0.25, -0.2) is 0 Å². The summed E-state index contributed by atoms with van der Waals surface area (Å²) < 4.78 is 1.91. The Labute approximate surface area is 144 Å². The normalized spacial score (nSPS) is 18.0. The molecule has 0 unspecified atom stereocenters. The Bertz CT molecular complexity index is 628. The molecular weight excluding hydrogens is 300 g/mol. The molecule has 1 saturated heterocycles. The van der Waals surface area contributed by atoms with E-state index in [0.29, 0.717) is 6.04 Å². The van der Waals surface area contributed by atoms with Gasteiger partial charge in [-0.15, -0.1) is 0 Å². The van der Waals surface area contributed by atoms with Gasteiger partial charge in [0.15, 0.2) is 0 Å². The molecule has 0 saturated carbocycles. The van der Waals surface area contributed by atoms with E-state index in [0.717, 1.165) is 44.8 Å². The monoisotopic (exact) mass is 328 g/mol. The van der Waals surface area contributed by atoms with Gasteiger partial charge in [0, 0.05) is 63.1 Å². The Morgan fingerprint density at radius 1 is 1.12 bits per heavy atom. The third kappa shape index (κ3) is 3.86. The van der Waals surface area contributed by atoms with Crippen LogP contribution >= 0.6 is 0 Å². The molecule has 1 N–H and O–H groups in total. The van der Waals surface area contributed by atoms with Crippen molar-refractivity contribution in [3.05, 3.63) is 42.1 Å². The van der Waals surface area contributed by atoms with Crippen molar-refractivity contribution in [2.24, 2.45) is 7.05 Å². The summed E-state index contributed by atoms with van der Waals surface area (Å²) >= 11 is 0. The zero-order valence-corrected chi connectivity index (χ0v) is 14.7. The molecule has 2 heterocycles. The fraction of sp³-hybridized carbons (Fsp3) is 0.526. The lowest BCUT2D eigenvalue weighted by atomic mass is 10.1. The summed E-state index contributed by atoms with van der Waals surface area (Å²) in [6.07, 6.45) is 3.15. The van der Waals surface area contributed by atoms with Crippen molar-refractivity contribution >= 4 is 0 Å². The molecule has 2 aromatic rings. The summed E-state index contributed by atoms with van der Waals surface area (Å²) in [6.45, 7) is 7.48. The molecule has 24 heavy (non-hydrogen) atoms. The standard InChI is InChI=1S/C19H28N4O/c1-3-18(15-24)23-11-9-22(10-12-23)14-17-13-21(2)20-19(17)16-7-5-4-6-8-16/h4-8,13,18,24H,3,9-12,14-15H2,1-2H3/t18-/m1/s1. The van der Waals surface area contributed by atoms with Crippen LogP contribution < -0.4 is 0 Å². The lowest BCUT2D eigenvalue weighted by molar-refractivity contribution is 0.0609. The molecule has 0 amide bonds. The predicted molar refractivity (Wildman–Crippen MR) is 96.7 cm³/mol.